The molecule has 0 radical (unpaired) electrons. The quantitative estimate of drug-likeness (QED) is 0.914. The van der Waals surface area contributed by atoms with Gasteiger partial charge in [-0.25, -0.2) is 0 Å². The van der Waals surface area contributed by atoms with Crippen molar-refractivity contribution in [2.75, 3.05) is 11.9 Å². The van der Waals surface area contributed by atoms with E-state index in [-0.39, 0.29) is 12.5 Å². The zero-order valence-electron chi connectivity index (χ0n) is 12.7. The van der Waals surface area contributed by atoms with Crippen molar-refractivity contribution in [3.63, 3.8) is 0 Å². The van der Waals surface area contributed by atoms with Gasteiger partial charge in [0.05, 0.1) is 11.3 Å². The van der Waals surface area contributed by atoms with Gasteiger partial charge in [-0.1, -0.05) is 44.2 Å². The lowest BCUT2D eigenvalue weighted by atomic mass is 10.0. The number of nitriles is 1. The Morgan fingerprint density at radius 2 is 1.86 bits per heavy atom. The molecule has 2 aromatic rings. The molecule has 2 rings (SSSR count). The van der Waals surface area contributed by atoms with E-state index in [1.165, 1.54) is 0 Å². The third kappa shape index (κ3) is 3.86. The molecule has 0 unspecified atom stereocenters. The van der Waals surface area contributed by atoms with E-state index in [1.54, 1.807) is 24.3 Å². The Morgan fingerprint density at radius 3 is 2.59 bits per heavy atom. The summed E-state index contributed by atoms with van der Waals surface area (Å²) in [7, 11) is 0. The van der Waals surface area contributed by atoms with Gasteiger partial charge in [-0.2, -0.15) is 5.26 Å². The molecular weight excluding hydrogens is 276 g/mol. The van der Waals surface area contributed by atoms with Gasteiger partial charge in [0.2, 0.25) is 0 Å². The van der Waals surface area contributed by atoms with Crippen molar-refractivity contribution >= 4 is 11.6 Å². The molecule has 0 aliphatic heterocycles. The fourth-order valence-corrected chi connectivity index (χ4v) is 2.11. The van der Waals surface area contributed by atoms with E-state index >= 15 is 0 Å². The highest BCUT2D eigenvalue weighted by Gasteiger charge is 2.10. The molecule has 0 bridgehead atoms. The summed E-state index contributed by atoms with van der Waals surface area (Å²) < 4.78 is 5.61. The molecule has 112 valence electrons. The van der Waals surface area contributed by atoms with Crippen LogP contribution in [-0.2, 0) is 4.79 Å². The highest BCUT2D eigenvalue weighted by Crippen LogP contribution is 2.25. The second kappa shape index (κ2) is 7.28. The van der Waals surface area contributed by atoms with Crippen LogP contribution >= 0.6 is 0 Å². The summed E-state index contributed by atoms with van der Waals surface area (Å²) in [5.74, 6) is 0.737. The van der Waals surface area contributed by atoms with Crippen LogP contribution in [-0.4, -0.2) is 12.5 Å². The molecule has 0 aromatic heterocycles. The van der Waals surface area contributed by atoms with Crippen molar-refractivity contribution in [3.05, 3.63) is 59.7 Å². The van der Waals surface area contributed by atoms with E-state index in [4.69, 9.17) is 10.00 Å². The summed E-state index contributed by atoms with van der Waals surface area (Å²) in [6.45, 7) is 4.06. The molecule has 1 amide bonds. The molecule has 0 fully saturated rings. The SMILES string of the molecule is CC(C)c1ccccc1OCC(=O)Nc1ccccc1C#N. The number of rotatable bonds is 5. The van der Waals surface area contributed by atoms with Crippen LogP contribution in [0.25, 0.3) is 0 Å². The predicted molar refractivity (Wildman–Crippen MR) is 85.8 cm³/mol. The molecule has 4 nitrogen and oxygen atoms in total. The van der Waals surface area contributed by atoms with Gasteiger partial charge in [0.25, 0.3) is 5.91 Å². The van der Waals surface area contributed by atoms with Gasteiger partial charge in [-0.15, -0.1) is 0 Å². The molecule has 0 aliphatic carbocycles. The average molecular weight is 294 g/mol. The molecular formula is C18H18N2O2. The lowest BCUT2D eigenvalue weighted by molar-refractivity contribution is -0.118. The average Bonchev–Trinajstić information content (AvgIpc) is 2.53. The first-order chi connectivity index (χ1) is 10.6. The molecule has 0 saturated heterocycles. The van der Waals surface area contributed by atoms with E-state index in [0.29, 0.717) is 22.9 Å². The first kappa shape index (κ1) is 15.6. The molecule has 22 heavy (non-hydrogen) atoms. The van der Waals surface area contributed by atoms with E-state index in [0.717, 1.165) is 5.56 Å². The maximum absolute atomic E-state index is 12.0. The number of anilines is 1. The van der Waals surface area contributed by atoms with Crippen LogP contribution < -0.4 is 10.1 Å². The van der Waals surface area contributed by atoms with Gasteiger partial charge in [0.1, 0.15) is 11.8 Å². The summed E-state index contributed by atoms with van der Waals surface area (Å²) in [4.78, 5) is 12.0. The van der Waals surface area contributed by atoms with Crippen molar-refractivity contribution in [1.82, 2.24) is 0 Å². The van der Waals surface area contributed by atoms with Gasteiger partial charge in [0, 0.05) is 0 Å². The van der Waals surface area contributed by atoms with E-state index < -0.39 is 0 Å². The van der Waals surface area contributed by atoms with Crippen molar-refractivity contribution < 1.29 is 9.53 Å². The largest absolute Gasteiger partial charge is 0.483 e. The Labute approximate surface area is 130 Å². The van der Waals surface area contributed by atoms with Crippen molar-refractivity contribution in [1.29, 1.82) is 5.26 Å². The van der Waals surface area contributed by atoms with Crippen molar-refractivity contribution in [2.24, 2.45) is 0 Å². The highest BCUT2D eigenvalue weighted by molar-refractivity contribution is 5.93. The first-order valence-electron chi connectivity index (χ1n) is 7.12. The van der Waals surface area contributed by atoms with Crippen LogP contribution in [0.4, 0.5) is 5.69 Å². The van der Waals surface area contributed by atoms with Crippen LogP contribution in [0.2, 0.25) is 0 Å². The van der Waals surface area contributed by atoms with E-state index in [1.807, 2.05) is 30.3 Å². The van der Waals surface area contributed by atoms with Crippen molar-refractivity contribution in [3.8, 4) is 11.8 Å². The number of benzene rings is 2. The standard InChI is InChI=1S/C18H18N2O2/c1-13(2)15-8-4-6-10-17(15)22-12-18(21)20-16-9-5-3-7-14(16)11-19/h3-10,13H,12H2,1-2H3,(H,20,21). The van der Waals surface area contributed by atoms with Crippen LogP contribution in [0.3, 0.4) is 0 Å². The number of nitrogens with one attached hydrogen (secondary N) is 1. The summed E-state index contributed by atoms with van der Waals surface area (Å²) >= 11 is 0. The predicted octanol–water partition coefficient (Wildman–Crippen LogP) is 3.70. The summed E-state index contributed by atoms with van der Waals surface area (Å²) in [6.07, 6.45) is 0. The van der Waals surface area contributed by atoms with Gasteiger partial charge in [-0.3, -0.25) is 4.79 Å². The van der Waals surface area contributed by atoms with Gasteiger partial charge in [-0.05, 0) is 29.7 Å². The highest BCUT2D eigenvalue weighted by atomic mass is 16.5. The van der Waals surface area contributed by atoms with Gasteiger partial charge in [0.15, 0.2) is 6.61 Å². The molecule has 0 heterocycles. The molecule has 4 heteroatoms. The van der Waals surface area contributed by atoms with Crippen LogP contribution in [0.1, 0.15) is 30.9 Å². The van der Waals surface area contributed by atoms with Crippen molar-refractivity contribution in [2.45, 2.75) is 19.8 Å². The third-order valence-corrected chi connectivity index (χ3v) is 3.22. The van der Waals surface area contributed by atoms with Crippen LogP contribution in [0.5, 0.6) is 5.75 Å². The lowest BCUT2D eigenvalue weighted by Crippen LogP contribution is -2.21. The minimum Gasteiger partial charge on any atom is -0.483 e. The maximum Gasteiger partial charge on any atom is 0.262 e. The number of amides is 1. The Bertz CT molecular complexity index is 702. The molecule has 2 aromatic carbocycles. The smallest absolute Gasteiger partial charge is 0.262 e. The van der Waals surface area contributed by atoms with E-state index in [2.05, 4.69) is 19.2 Å². The first-order valence-corrected chi connectivity index (χ1v) is 7.12. The number of carbonyl (C=O) groups is 1. The maximum atomic E-state index is 12.0. The molecule has 0 aliphatic rings. The number of carbonyl (C=O) groups excluding carboxylic acids is 1. The monoisotopic (exact) mass is 294 g/mol. The second-order valence-electron chi connectivity index (χ2n) is 5.19. The van der Waals surface area contributed by atoms with Crippen LogP contribution in [0.15, 0.2) is 48.5 Å². The molecule has 0 spiro atoms. The molecule has 0 saturated carbocycles. The lowest BCUT2D eigenvalue weighted by Gasteiger charge is -2.14. The van der Waals surface area contributed by atoms with Gasteiger partial charge >= 0.3 is 0 Å². The fraction of sp³-hybridized carbons (Fsp3) is 0.222. The number of nitrogens with zero attached hydrogens (tertiary/aromatic N) is 1. The van der Waals surface area contributed by atoms with Gasteiger partial charge < -0.3 is 10.1 Å². The number of ether oxygens (including phenoxy) is 1. The molecule has 1 N–H and O–H groups in total. The fourth-order valence-electron chi connectivity index (χ4n) is 2.11. The van der Waals surface area contributed by atoms with Crippen LogP contribution in [0, 0.1) is 11.3 Å². The Morgan fingerprint density at radius 1 is 1.18 bits per heavy atom. The zero-order valence-corrected chi connectivity index (χ0v) is 12.7. The summed E-state index contributed by atoms with van der Waals surface area (Å²) in [6, 6.07) is 16.6. The minimum absolute atomic E-state index is 0.0938. The zero-order chi connectivity index (χ0) is 15.9. The number of hydrogen-bond acceptors (Lipinski definition) is 3. The Kier molecular flexibility index (Phi) is 5.16. The van der Waals surface area contributed by atoms with E-state index in [9.17, 15) is 4.79 Å². The third-order valence-electron chi connectivity index (χ3n) is 3.22. The summed E-state index contributed by atoms with van der Waals surface area (Å²) in [5.41, 5.74) is 1.99. The summed E-state index contributed by atoms with van der Waals surface area (Å²) in [5, 5.41) is 11.7. The number of para-hydroxylation sites is 2. The molecule has 0 atom stereocenters. The minimum atomic E-state index is -0.291. The second-order valence-corrected chi connectivity index (χ2v) is 5.19. The Hall–Kier alpha value is -2.80. The number of hydrogen-bond donors (Lipinski definition) is 1. The Balaban J connectivity index is 2.01. The topological polar surface area (TPSA) is 62.1 Å². The normalized spacial score (nSPS) is 10.1.